The maximum absolute atomic E-state index is 10.9. The maximum atomic E-state index is 10.9. The number of nitrogens with zero attached hydrogens (tertiary/aromatic N) is 3. The van der Waals surface area contributed by atoms with Crippen molar-refractivity contribution in [1.82, 2.24) is 9.13 Å². The number of benzene rings is 9. The fraction of sp³-hybridized carbons (Fsp3) is 0.239. The van der Waals surface area contributed by atoms with E-state index in [0.717, 1.165) is 65.6 Å². The highest BCUT2D eigenvalue weighted by molar-refractivity contribution is 6.21. The Balaban J connectivity index is 0.941. The summed E-state index contributed by atoms with van der Waals surface area (Å²) in [6.45, 7) is 27.4. The van der Waals surface area contributed by atoms with Gasteiger partial charge in [-0.1, -0.05) is 119 Å². The second-order valence-electron chi connectivity index (χ2n) is 24.7. The van der Waals surface area contributed by atoms with Gasteiger partial charge in [-0.2, -0.15) is 5.26 Å². The molecule has 0 aliphatic heterocycles. The third-order valence-corrected chi connectivity index (χ3v) is 15.7. The molecule has 0 atom stereocenters. The van der Waals surface area contributed by atoms with E-state index in [1.165, 1.54) is 65.9 Å². The first-order valence-corrected chi connectivity index (χ1v) is 25.4. The van der Waals surface area contributed by atoms with Crippen molar-refractivity contribution in [3.63, 3.8) is 0 Å². The standard InChI is InChI=1S/C67H59N3O2/c1-64(2,3)41-15-21-56-47(31-41)48-32-42(65(4,5)6)16-22-57(48)69(56)45-19-13-37-27-51-53-35-54-52-28-38-14-20-46(26-40(38)30-61(52)72-63(54)55(36-68)62(53)71-60(51)29-39(37)25-45)70-58-23-17-43(66(7,8)9)33-49(58)50-34-44(67(10,11)12)18-24-59(50)70/h13-35H,1-12H3. The summed E-state index contributed by atoms with van der Waals surface area (Å²) in [5, 5.41) is 24.0. The first kappa shape index (κ1) is 44.2. The van der Waals surface area contributed by atoms with Crippen molar-refractivity contribution in [2.45, 2.75) is 105 Å². The largest absolute Gasteiger partial charge is 0.454 e. The summed E-state index contributed by atoms with van der Waals surface area (Å²) in [7, 11) is 0. The molecule has 354 valence electrons. The molecule has 5 heteroatoms. The van der Waals surface area contributed by atoms with E-state index in [0.29, 0.717) is 16.7 Å². The molecule has 4 aromatic heterocycles. The number of hydrogen-bond donors (Lipinski definition) is 0. The molecule has 13 rings (SSSR count). The van der Waals surface area contributed by atoms with E-state index in [1.54, 1.807) is 0 Å². The van der Waals surface area contributed by atoms with Gasteiger partial charge in [0.05, 0.1) is 22.1 Å². The molecule has 0 bridgehead atoms. The van der Waals surface area contributed by atoms with Crippen LogP contribution in [0.4, 0.5) is 0 Å². The van der Waals surface area contributed by atoms with Crippen molar-refractivity contribution in [2.24, 2.45) is 0 Å². The van der Waals surface area contributed by atoms with Crippen LogP contribution < -0.4 is 0 Å². The quantitative estimate of drug-likeness (QED) is 0.173. The first-order chi connectivity index (χ1) is 34.1. The van der Waals surface area contributed by atoms with Gasteiger partial charge in [0.1, 0.15) is 22.8 Å². The van der Waals surface area contributed by atoms with Gasteiger partial charge < -0.3 is 18.0 Å². The van der Waals surface area contributed by atoms with Crippen LogP contribution in [0.2, 0.25) is 0 Å². The van der Waals surface area contributed by atoms with Crippen LogP contribution in [0, 0.1) is 11.3 Å². The van der Waals surface area contributed by atoms with Crippen molar-refractivity contribution in [3.8, 4) is 17.4 Å². The Bertz CT molecular complexity index is 4120. The topological polar surface area (TPSA) is 59.9 Å². The van der Waals surface area contributed by atoms with Gasteiger partial charge in [-0.05, 0) is 169 Å². The van der Waals surface area contributed by atoms with Crippen LogP contribution in [-0.4, -0.2) is 9.13 Å². The molecule has 0 aliphatic carbocycles. The van der Waals surface area contributed by atoms with E-state index in [4.69, 9.17) is 8.83 Å². The molecular formula is C67H59N3O2. The van der Waals surface area contributed by atoms with Crippen LogP contribution in [0.1, 0.15) is 111 Å². The van der Waals surface area contributed by atoms with Crippen molar-refractivity contribution >= 4 is 109 Å². The van der Waals surface area contributed by atoms with E-state index in [1.807, 2.05) is 0 Å². The smallest absolute Gasteiger partial charge is 0.157 e. The Morgan fingerprint density at radius 1 is 0.333 bits per heavy atom. The van der Waals surface area contributed by atoms with Crippen LogP contribution in [0.3, 0.4) is 0 Å². The molecule has 0 unspecified atom stereocenters. The minimum atomic E-state index is 0.0241. The van der Waals surface area contributed by atoms with Crippen LogP contribution >= 0.6 is 0 Å². The highest BCUT2D eigenvalue weighted by atomic mass is 16.3. The van der Waals surface area contributed by atoms with Crippen molar-refractivity contribution in [1.29, 1.82) is 5.26 Å². The van der Waals surface area contributed by atoms with E-state index >= 15 is 0 Å². The molecule has 0 saturated heterocycles. The fourth-order valence-electron chi connectivity index (χ4n) is 11.4. The molecule has 0 saturated carbocycles. The molecule has 5 nitrogen and oxygen atoms in total. The number of rotatable bonds is 2. The van der Waals surface area contributed by atoms with Gasteiger partial charge in [-0.15, -0.1) is 0 Å². The Hall–Kier alpha value is -7.81. The zero-order valence-corrected chi connectivity index (χ0v) is 43.4. The van der Waals surface area contributed by atoms with Gasteiger partial charge >= 0.3 is 0 Å². The summed E-state index contributed by atoms with van der Waals surface area (Å²) in [5.74, 6) is 0. The number of fused-ring (bicyclic) bond motifs is 14. The number of aromatic nitrogens is 2. The van der Waals surface area contributed by atoms with Gasteiger partial charge in [0.25, 0.3) is 0 Å². The highest BCUT2D eigenvalue weighted by Crippen LogP contribution is 2.44. The summed E-state index contributed by atoms with van der Waals surface area (Å²) in [4.78, 5) is 0. The number of hydrogen-bond acceptors (Lipinski definition) is 3. The predicted octanol–water partition coefficient (Wildman–Crippen LogP) is 19.0. The lowest BCUT2D eigenvalue weighted by Crippen LogP contribution is -2.10. The SMILES string of the molecule is CC(C)(C)c1ccc2c(c1)c1cc(C(C)(C)C)ccc1n2-c1ccc2cc3c(cc2c1)oc1c(C#N)c2oc4cc5cc(-n6c7ccc(C(C)(C)C)cc7c7cc(C(C)(C)C)ccc76)ccc5cc4c2cc13. The monoisotopic (exact) mass is 937 g/mol. The predicted molar refractivity (Wildman–Crippen MR) is 304 cm³/mol. The van der Waals surface area contributed by atoms with Gasteiger partial charge in [-0.25, -0.2) is 0 Å². The normalized spacial score (nSPS) is 13.3. The summed E-state index contributed by atoms with van der Waals surface area (Å²) < 4.78 is 18.2. The molecular weight excluding hydrogens is 879 g/mol. The maximum Gasteiger partial charge on any atom is 0.157 e. The lowest BCUT2D eigenvalue weighted by molar-refractivity contribution is 0.590. The molecule has 0 spiro atoms. The van der Waals surface area contributed by atoms with Crippen LogP contribution in [-0.2, 0) is 21.7 Å². The Kier molecular flexibility index (Phi) is 8.98. The number of furan rings is 2. The zero-order valence-electron chi connectivity index (χ0n) is 43.4. The fourth-order valence-corrected chi connectivity index (χ4v) is 11.4. The molecule has 72 heavy (non-hydrogen) atoms. The van der Waals surface area contributed by atoms with E-state index in [9.17, 15) is 5.26 Å². The summed E-state index contributed by atoms with van der Waals surface area (Å²) in [6.07, 6.45) is 0. The van der Waals surface area contributed by atoms with Crippen LogP contribution in [0.5, 0.6) is 0 Å². The molecule has 0 amide bonds. The number of nitriles is 1. The molecule has 0 N–H and O–H groups in total. The second kappa shape index (κ2) is 14.6. The molecule has 13 aromatic rings. The second-order valence-corrected chi connectivity index (χ2v) is 24.7. The molecule has 0 aliphatic rings. The van der Waals surface area contributed by atoms with Crippen molar-refractivity contribution in [3.05, 3.63) is 167 Å². The lowest BCUT2D eigenvalue weighted by Gasteiger charge is -2.19. The third-order valence-electron chi connectivity index (χ3n) is 15.7. The Labute approximate surface area is 419 Å². The van der Waals surface area contributed by atoms with E-state index < -0.39 is 0 Å². The van der Waals surface area contributed by atoms with Gasteiger partial charge in [0, 0.05) is 54.5 Å². The van der Waals surface area contributed by atoms with Gasteiger partial charge in [0.2, 0.25) is 0 Å². The Morgan fingerprint density at radius 3 is 0.972 bits per heavy atom. The highest BCUT2D eigenvalue weighted by Gasteiger charge is 2.25. The Morgan fingerprint density at radius 2 is 0.667 bits per heavy atom. The minimum Gasteiger partial charge on any atom is -0.454 e. The summed E-state index contributed by atoms with van der Waals surface area (Å²) >= 11 is 0. The summed E-state index contributed by atoms with van der Waals surface area (Å²) in [6, 6.07) is 54.6. The van der Waals surface area contributed by atoms with Gasteiger partial charge in [-0.3, -0.25) is 0 Å². The summed E-state index contributed by atoms with van der Waals surface area (Å²) in [5.41, 5.74) is 15.3. The van der Waals surface area contributed by atoms with Gasteiger partial charge in [0.15, 0.2) is 11.2 Å². The van der Waals surface area contributed by atoms with Crippen LogP contribution in [0.25, 0.3) is 120 Å². The first-order valence-electron chi connectivity index (χ1n) is 25.4. The van der Waals surface area contributed by atoms with E-state index in [2.05, 4.69) is 238 Å². The third kappa shape index (κ3) is 6.57. The lowest BCUT2D eigenvalue weighted by atomic mass is 9.85. The minimum absolute atomic E-state index is 0.0241. The van der Waals surface area contributed by atoms with E-state index in [-0.39, 0.29) is 21.7 Å². The van der Waals surface area contributed by atoms with Crippen molar-refractivity contribution < 1.29 is 8.83 Å². The molecule has 4 heterocycles. The average Bonchev–Trinajstić information content (AvgIpc) is 4.06. The molecule has 0 fully saturated rings. The zero-order chi connectivity index (χ0) is 50.1. The molecule has 0 radical (unpaired) electrons. The van der Waals surface area contributed by atoms with Crippen molar-refractivity contribution in [2.75, 3.05) is 0 Å². The average molecular weight is 938 g/mol. The molecule has 9 aromatic carbocycles. The van der Waals surface area contributed by atoms with Crippen LogP contribution in [0.15, 0.2) is 148 Å².